The summed E-state index contributed by atoms with van der Waals surface area (Å²) in [7, 11) is 0. The molecule has 7 aromatic rings. The fourth-order valence-electron chi connectivity index (χ4n) is 6.67. The first kappa shape index (κ1) is 37.4. The Morgan fingerprint density at radius 2 is 1.49 bits per heavy atom. The molecule has 0 aliphatic carbocycles. The summed E-state index contributed by atoms with van der Waals surface area (Å²) in [5, 5.41) is 14.1. The Balaban J connectivity index is 0.000000271. The van der Waals surface area contributed by atoms with Crippen LogP contribution in [-0.4, -0.2) is 20.9 Å². The zero-order valence-corrected chi connectivity index (χ0v) is 31.9. The van der Waals surface area contributed by atoms with Gasteiger partial charge in [-0.1, -0.05) is 99.3 Å². The van der Waals surface area contributed by atoms with Crippen LogP contribution in [0.4, 0.5) is 0 Å². The van der Waals surface area contributed by atoms with E-state index in [2.05, 4.69) is 76.7 Å². The zero-order chi connectivity index (χ0) is 35.0. The Hall–Kier alpha value is -4.90. The number of carbonyl (C=O) groups is 1. The van der Waals surface area contributed by atoms with Gasteiger partial charge in [-0.2, -0.15) is 0 Å². The summed E-state index contributed by atoms with van der Waals surface area (Å²) in [6, 6.07) is 36.6. The molecular formula is C45H43IrN2O3-. The third-order valence-electron chi connectivity index (χ3n) is 9.62. The van der Waals surface area contributed by atoms with Gasteiger partial charge >= 0.3 is 0 Å². The van der Waals surface area contributed by atoms with Gasteiger partial charge < -0.3 is 14.5 Å². The van der Waals surface area contributed by atoms with Crippen LogP contribution in [0.25, 0.3) is 66.2 Å². The molecule has 0 unspecified atom stereocenters. The maximum Gasteiger partial charge on any atom is 0.162 e. The van der Waals surface area contributed by atoms with Crippen LogP contribution in [0.15, 0.2) is 132 Å². The number of allylic oxidation sites excluding steroid dienone is 2. The molecule has 1 N–H and O–H groups in total. The second-order valence-electron chi connectivity index (χ2n) is 12.6. The predicted octanol–water partition coefficient (Wildman–Crippen LogP) is 12.2. The third kappa shape index (κ3) is 8.04. The van der Waals surface area contributed by atoms with Crippen molar-refractivity contribution in [1.82, 2.24) is 9.97 Å². The average molecular weight is 852 g/mol. The first-order valence-electron chi connectivity index (χ1n) is 17.6. The van der Waals surface area contributed by atoms with Crippen molar-refractivity contribution in [3.05, 3.63) is 134 Å². The molecule has 0 saturated carbocycles. The molecule has 0 spiro atoms. The number of aliphatic hydroxyl groups excluding tert-OH is 1. The van der Waals surface area contributed by atoms with Crippen molar-refractivity contribution < 1.29 is 34.4 Å². The summed E-state index contributed by atoms with van der Waals surface area (Å²) in [6.07, 6.45) is 10.5. The number of carbonyl (C=O) groups excluding carboxylic acids is 1. The van der Waals surface area contributed by atoms with Crippen molar-refractivity contribution in [2.24, 2.45) is 11.8 Å². The van der Waals surface area contributed by atoms with Gasteiger partial charge in [-0.25, -0.2) is 0 Å². The molecule has 51 heavy (non-hydrogen) atoms. The van der Waals surface area contributed by atoms with Gasteiger partial charge in [-0.3, -0.25) is 9.78 Å². The molecule has 0 atom stereocenters. The minimum absolute atomic E-state index is 0. The van der Waals surface area contributed by atoms with E-state index in [4.69, 9.17) is 4.42 Å². The van der Waals surface area contributed by atoms with Crippen molar-refractivity contribution in [2.75, 3.05) is 0 Å². The quantitative estimate of drug-likeness (QED) is 0.0843. The fraction of sp³-hybridized carbons (Fsp3) is 0.222. The number of hydrogen-bond donors (Lipinski definition) is 1. The van der Waals surface area contributed by atoms with Crippen LogP contribution in [0.5, 0.6) is 0 Å². The van der Waals surface area contributed by atoms with E-state index in [0.29, 0.717) is 0 Å². The Kier molecular flexibility index (Phi) is 12.7. The van der Waals surface area contributed by atoms with E-state index in [-0.39, 0.29) is 43.5 Å². The van der Waals surface area contributed by atoms with Crippen molar-refractivity contribution in [2.45, 2.75) is 53.4 Å². The normalized spacial score (nSPS) is 11.5. The molecule has 0 aliphatic rings. The van der Waals surface area contributed by atoms with Gasteiger partial charge in [0, 0.05) is 72.9 Å². The molecule has 7 rings (SSSR count). The molecule has 0 bridgehead atoms. The molecule has 0 fully saturated rings. The predicted molar refractivity (Wildman–Crippen MR) is 206 cm³/mol. The van der Waals surface area contributed by atoms with E-state index in [9.17, 15) is 9.90 Å². The minimum Gasteiger partial charge on any atom is -0.512 e. The largest absolute Gasteiger partial charge is 0.512 e. The molecule has 261 valence electrons. The average Bonchev–Trinajstić information content (AvgIpc) is 3.55. The van der Waals surface area contributed by atoms with Crippen molar-refractivity contribution in [1.29, 1.82) is 0 Å². The van der Waals surface area contributed by atoms with E-state index >= 15 is 0 Å². The van der Waals surface area contributed by atoms with Gasteiger partial charge in [-0.05, 0) is 77.7 Å². The fourth-order valence-corrected chi connectivity index (χ4v) is 6.67. The van der Waals surface area contributed by atoms with Crippen molar-refractivity contribution in [3.8, 4) is 33.5 Å². The summed E-state index contributed by atoms with van der Waals surface area (Å²) in [6.45, 7) is 8.07. The number of fused-ring (bicyclic) bond motifs is 4. The van der Waals surface area contributed by atoms with Gasteiger partial charge in [0.25, 0.3) is 0 Å². The standard InChI is InChI=1S/C32H19N2O.C13H24O2.Ir/c1-2-8-21(9-3-1)23-18-27(24-11-6-10-22-15-17-33-20-29(22)24)32-28(19-23)25-12-7-13-26(31(25)35-32)30-14-4-5-16-34-30;1-5-10(6-2)12(14)9-13(15)11(7-3)8-4;/h1-12,14-20H;9-11,14H,5-8H2,1-4H3;/q-1;;/b;12-9-;. The van der Waals surface area contributed by atoms with E-state index in [1.807, 2.05) is 76.5 Å². The SMILES string of the molecule is CCC(CC)C(=O)/C=C(\O)C(CC)CC.[Ir].[c-]1ccc2c(oc3c(-c4cccc5ccncc45)cc(-c4ccccc4)cc32)c1-c1ccccn1. The number of nitrogens with zero attached hydrogens (tertiary/aromatic N) is 2. The van der Waals surface area contributed by atoms with E-state index < -0.39 is 0 Å². The van der Waals surface area contributed by atoms with Gasteiger partial charge in [0.1, 0.15) is 5.58 Å². The van der Waals surface area contributed by atoms with E-state index in [0.717, 1.165) is 91.9 Å². The molecule has 0 amide bonds. The monoisotopic (exact) mass is 852 g/mol. The van der Waals surface area contributed by atoms with E-state index in [1.54, 1.807) is 6.20 Å². The van der Waals surface area contributed by atoms with Crippen LogP contribution in [-0.2, 0) is 24.9 Å². The molecule has 5 nitrogen and oxygen atoms in total. The smallest absolute Gasteiger partial charge is 0.162 e. The summed E-state index contributed by atoms with van der Waals surface area (Å²) in [5.41, 5.74) is 7.81. The molecule has 0 saturated heterocycles. The van der Waals surface area contributed by atoms with Crippen molar-refractivity contribution >= 4 is 38.5 Å². The van der Waals surface area contributed by atoms with E-state index in [1.165, 1.54) is 6.08 Å². The maximum atomic E-state index is 11.7. The topological polar surface area (TPSA) is 76.2 Å². The van der Waals surface area contributed by atoms with Crippen molar-refractivity contribution in [3.63, 3.8) is 0 Å². The van der Waals surface area contributed by atoms with Gasteiger partial charge in [-0.15, -0.1) is 18.2 Å². The van der Waals surface area contributed by atoms with Gasteiger partial charge in [0.05, 0.1) is 11.3 Å². The molecular weight excluding hydrogens is 809 g/mol. The van der Waals surface area contributed by atoms with Crippen LogP contribution < -0.4 is 0 Å². The number of hydrogen-bond acceptors (Lipinski definition) is 5. The number of aromatic nitrogens is 2. The number of pyridine rings is 2. The maximum absolute atomic E-state index is 11.7. The van der Waals surface area contributed by atoms with Gasteiger partial charge in [0.15, 0.2) is 5.78 Å². The molecule has 1 radical (unpaired) electrons. The molecule has 6 heteroatoms. The van der Waals surface area contributed by atoms with Gasteiger partial charge in [0.2, 0.25) is 0 Å². The molecule has 3 aromatic heterocycles. The van der Waals surface area contributed by atoms with Crippen LogP contribution in [0, 0.1) is 17.9 Å². The number of ketones is 1. The van der Waals surface area contributed by atoms with Crippen LogP contribution >= 0.6 is 0 Å². The van der Waals surface area contributed by atoms with Crippen LogP contribution in [0.2, 0.25) is 0 Å². The summed E-state index contributed by atoms with van der Waals surface area (Å²) in [5.74, 6) is 0.547. The number of aliphatic hydroxyl groups is 1. The molecule has 4 aromatic carbocycles. The first-order valence-corrected chi connectivity index (χ1v) is 17.6. The number of benzene rings is 4. The van der Waals surface area contributed by atoms with Crippen LogP contribution in [0.3, 0.4) is 0 Å². The second kappa shape index (κ2) is 17.4. The molecule has 3 heterocycles. The second-order valence-corrected chi connectivity index (χ2v) is 12.6. The summed E-state index contributed by atoms with van der Waals surface area (Å²) >= 11 is 0. The number of furan rings is 1. The Morgan fingerprint density at radius 1 is 0.745 bits per heavy atom. The Bertz CT molecular complexity index is 2250. The summed E-state index contributed by atoms with van der Waals surface area (Å²) < 4.78 is 6.67. The summed E-state index contributed by atoms with van der Waals surface area (Å²) in [4.78, 5) is 20.7. The number of rotatable bonds is 10. The van der Waals surface area contributed by atoms with Crippen LogP contribution in [0.1, 0.15) is 53.4 Å². The Labute approximate surface area is 313 Å². The minimum atomic E-state index is 0. The Morgan fingerprint density at radius 3 is 2.20 bits per heavy atom. The first-order chi connectivity index (χ1) is 24.5. The zero-order valence-electron chi connectivity index (χ0n) is 29.5. The molecule has 0 aliphatic heterocycles. The third-order valence-corrected chi connectivity index (χ3v) is 9.62.